The summed E-state index contributed by atoms with van der Waals surface area (Å²) in [6.45, 7) is 0. The maximum Gasteiger partial charge on any atom is 0.182 e. The zero-order valence-electron chi connectivity index (χ0n) is 12.7. The van der Waals surface area contributed by atoms with Gasteiger partial charge in [-0.25, -0.2) is 0 Å². The molecular weight excluding hydrogens is 347 g/mol. The van der Waals surface area contributed by atoms with Gasteiger partial charge in [0.05, 0.1) is 5.02 Å². The molecule has 1 fully saturated rings. The van der Waals surface area contributed by atoms with Crippen LogP contribution in [-0.2, 0) is 9.59 Å². The molecule has 3 rings (SSSR count). The molecule has 0 N–H and O–H groups in total. The monoisotopic (exact) mass is 360 g/mol. The number of hydrogen-bond donors (Lipinski definition) is 0. The Morgan fingerprint density at radius 3 is 2.38 bits per heavy atom. The first kappa shape index (κ1) is 16.9. The van der Waals surface area contributed by atoms with Gasteiger partial charge in [-0.2, -0.15) is 0 Å². The van der Waals surface area contributed by atoms with Crippen LogP contribution < -0.4 is 0 Å². The van der Waals surface area contributed by atoms with Crippen molar-refractivity contribution in [2.45, 2.75) is 18.8 Å². The number of carbonyl (C=O) groups excluding carboxylic acids is 3. The Balaban J connectivity index is 1.94. The highest BCUT2D eigenvalue weighted by Gasteiger charge is 2.42. The molecule has 5 heteroatoms. The van der Waals surface area contributed by atoms with Crippen molar-refractivity contribution in [2.24, 2.45) is 5.92 Å². The quantitative estimate of drug-likeness (QED) is 0.597. The van der Waals surface area contributed by atoms with E-state index >= 15 is 0 Å². The van der Waals surface area contributed by atoms with E-state index in [2.05, 4.69) is 0 Å². The van der Waals surface area contributed by atoms with Crippen molar-refractivity contribution in [3.05, 3.63) is 69.7 Å². The van der Waals surface area contributed by atoms with Gasteiger partial charge in [0.1, 0.15) is 5.92 Å². The second kappa shape index (κ2) is 6.88. The summed E-state index contributed by atoms with van der Waals surface area (Å²) in [6, 6.07) is 13.6. The van der Waals surface area contributed by atoms with Gasteiger partial charge in [-0.1, -0.05) is 53.5 Å². The minimum absolute atomic E-state index is 0.148. The van der Waals surface area contributed by atoms with Gasteiger partial charge >= 0.3 is 0 Å². The first-order valence-electron chi connectivity index (χ1n) is 7.59. The van der Waals surface area contributed by atoms with Crippen LogP contribution in [0.15, 0.2) is 48.5 Å². The van der Waals surface area contributed by atoms with Crippen LogP contribution in [0.1, 0.15) is 34.7 Å². The van der Waals surface area contributed by atoms with Gasteiger partial charge in [-0.3, -0.25) is 14.4 Å². The minimum Gasteiger partial charge on any atom is -0.298 e. The van der Waals surface area contributed by atoms with Crippen molar-refractivity contribution < 1.29 is 14.4 Å². The van der Waals surface area contributed by atoms with Gasteiger partial charge in [0, 0.05) is 22.9 Å². The lowest BCUT2D eigenvalue weighted by atomic mass is 9.73. The van der Waals surface area contributed by atoms with E-state index in [9.17, 15) is 14.4 Å². The molecule has 0 radical (unpaired) electrons. The Morgan fingerprint density at radius 2 is 1.71 bits per heavy atom. The van der Waals surface area contributed by atoms with Crippen molar-refractivity contribution in [1.29, 1.82) is 0 Å². The highest BCUT2D eigenvalue weighted by atomic mass is 35.5. The molecule has 0 aromatic heterocycles. The van der Waals surface area contributed by atoms with Crippen LogP contribution in [0.4, 0.5) is 0 Å². The topological polar surface area (TPSA) is 51.2 Å². The molecular formula is C19H14Cl2O3. The molecule has 0 amide bonds. The fourth-order valence-electron chi connectivity index (χ4n) is 3.07. The van der Waals surface area contributed by atoms with Crippen LogP contribution >= 0.6 is 23.2 Å². The van der Waals surface area contributed by atoms with E-state index in [0.717, 1.165) is 5.56 Å². The molecule has 122 valence electrons. The third kappa shape index (κ3) is 3.14. The lowest BCUT2D eigenvalue weighted by Gasteiger charge is -2.26. The maximum atomic E-state index is 12.8. The molecule has 2 atom stereocenters. The van der Waals surface area contributed by atoms with E-state index in [1.54, 1.807) is 0 Å². The average Bonchev–Trinajstić information content (AvgIpc) is 2.55. The van der Waals surface area contributed by atoms with Crippen molar-refractivity contribution in [1.82, 2.24) is 0 Å². The smallest absolute Gasteiger partial charge is 0.182 e. The SMILES string of the molecule is O=C1CCC(c2ccccc2)C(=O)C1C(=O)c1ccc(Cl)cc1Cl. The van der Waals surface area contributed by atoms with E-state index in [0.29, 0.717) is 11.4 Å². The van der Waals surface area contributed by atoms with Crippen LogP contribution in [-0.4, -0.2) is 17.3 Å². The number of rotatable bonds is 3. The zero-order valence-corrected chi connectivity index (χ0v) is 14.2. The summed E-state index contributed by atoms with van der Waals surface area (Å²) in [5, 5.41) is 0.537. The predicted octanol–water partition coefficient (Wildman–Crippen LogP) is 4.51. The highest BCUT2D eigenvalue weighted by molar-refractivity contribution is 6.38. The Hall–Kier alpha value is -1.97. The molecule has 3 nitrogen and oxygen atoms in total. The Labute approximate surface area is 149 Å². The molecule has 0 aliphatic heterocycles. The fourth-order valence-corrected chi connectivity index (χ4v) is 3.57. The predicted molar refractivity (Wildman–Crippen MR) is 92.7 cm³/mol. The molecule has 0 bridgehead atoms. The lowest BCUT2D eigenvalue weighted by Crippen LogP contribution is -2.39. The van der Waals surface area contributed by atoms with E-state index < -0.39 is 17.6 Å². The van der Waals surface area contributed by atoms with E-state index in [1.807, 2.05) is 30.3 Å². The summed E-state index contributed by atoms with van der Waals surface area (Å²) in [5.41, 5.74) is 0.983. The lowest BCUT2D eigenvalue weighted by molar-refractivity contribution is -0.134. The summed E-state index contributed by atoms with van der Waals surface area (Å²) in [4.78, 5) is 37.8. The van der Waals surface area contributed by atoms with Gasteiger partial charge in [-0.05, 0) is 30.2 Å². The summed E-state index contributed by atoms with van der Waals surface area (Å²) in [6.07, 6.45) is 0.632. The van der Waals surface area contributed by atoms with Crippen LogP contribution in [0.25, 0.3) is 0 Å². The Bertz CT molecular complexity index is 815. The standard InChI is InChI=1S/C19H14Cl2O3/c20-12-6-7-14(15(21)10-12)19(24)17-16(22)9-8-13(18(17)23)11-4-2-1-3-5-11/h1-7,10,13,17H,8-9H2. The maximum absolute atomic E-state index is 12.8. The first-order valence-corrected chi connectivity index (χ1v) is 8.35. The van der Waals surface area contributed by atoms with Gasteiger partial charge < -0.3 is 0 Å². The van der Waals surface area contributed by atoms with Crippen molar-refractivity contribution >= 4 is 40.6 Å². The molecule has 1 aliphatic carbocycles. The van der Waals surface area contributed by atoms with Crippen molar-refractivity contribution in [3.63, 3.8) is 0 Å². The summed E-state index contributed by atoms with van der Waals surface area (Å²) < 4.78 is 0. The molecule has 0 spiro atoms. The van der Waals surface area contributed by atoms with Crippen LogP contribution in [0, 0.1) is 5.92 Å². The van der Waals surface area contributed by atoms with Gasteiger partial charge in [0.25, 0.3) is 0 Å². The highest BCUT2D eigenvalue weighted by Crippen LogP contribution is 2.34. The molecule has 2 unspecified atom stereocenters. The van der Waals surface area contributed by atoms with Crippen LogP contribution in [0.3, 0.4) is 0 Å². The number of carbonyl (C=O) groups is 3. The largest absolute Gasteiger partial charge is 0.298 e. The fraction of sp³-hybridized carbons (Fsp3) is 0.211. The molecule has 1 saturated carbocycles. The number of hydrogen-bond acceptors (Lipinski definition) is 3. The summed E-state index contributed by atoms with van der Waals surface area (Å²) in [7, 11) is 0. The second-order valence-electron chi connectivity index (χ2n) is 5.79. The second-order valence-corrected chi connectivity index (χ2v) is 6.64. The molecule has 24 heavy (non-hydrogen) atoms. The van der Waals surface area contributed by atoms with Crippen LogP contribution in [0.5, 0.6) is 0 Å². The number of Topliss-reactive ketones (excluding diaryl/α,β-unsaturated/α-hetero) is 3. The Morgan fingerprint density at radius 1 is 1.00 bits per heavy atom. The summed E-state index contributed by atoms with van der Waals surface area (Å²) >= 11 is 11.9. The third-order valence-corrected chi connectivity index (χ3v) is 4.84. The molecule has 2 aromatic carbocycles. The van der Waals surface area contributed by atoms with Gasteiger partial charge in [-0.15, -0.1) is 0 Å². The van der Waals surface area contributed by atoms with Crippen LogP contribution in [0.2, 0.25) is 10.0 Å². The van der Waals surface area contributed by atoms with Gasteiger partial charge in [0.2, 0.25) is 0 Å². The van der Waals surface area contributed by atoms with E-state index in [1.165, 1.54) is 18.2 Å². The molecule has 0 heterocycles. The summed E-state index contributed by atoms with van der Waals surface area (Å²) in [5.74, 6) is -2.98. The average molecular weight is 361 g/mol. The van der Waals surface area contributed by atoms with Crippen molar-refractivity contribution in [3.8, 4) is 0 Å². The molecule has 1 aliphatic rings. The van der Waals surface area contributed by atoms with E-state index in [4.69, 9.17) is 23.2 Å². The molecule has 0 saturated heterocycles. The number of ketones is 3. The number of benzene rings is 2. The normalized spacial score (nSPS) is 20.9. The molecule has 2 aromatic rings. The Kier molecular flexibility index (Phi) is 4.83. The van der Waals surface area contributed by atoms with Crippen molar-refractivity contribution in [2.75, 3.05) is 0 Å². The van der Waals surface area contributed by atoms with Gasteiger partial charge in [0.15, 0.2) is 17.3 Å². The minimum atomic E-state index is -1.29. The van der Waals surface area contributed by atoms with E-state index in [-0.39, 0.29) is 28.6 Å². The zero-order chi connectivity index (χ0) is 17.3. The number of halogens is 2. The first-order chi connectivity index (χ1) is 11.5. The third-order valence-electron chi connectivity index (χ3n) is 4.29.